The van der Waals surface area contributed by atoms with E-state index in [4.69, 9.17) is 0 Å². The normalized spacial score (nSPS) is 40.0. The van der Waals surface area contributed by atoms with Crippen LogP contribution < -0.4 is 0 Å². The van der Waals surface area contributed by atoms with Crippen LogP contribution in [0.2, 0.25) is 0 Å². The third-order valence-electron chi connectivity index (χ3n) is 2.21. The lowest BCUT2D eigenvalue weighted by atomic mass is 9.96. The average molecular weight is 142 g/mol. The molecule has 10 heavy (non-hydrogen) atoms. The second kappa shape index (κ2) is 2.72. The predicted molar refractivity (Wildman–Crippen MR) is 39.6 cm³/mol. The largest absolute Gasteiger partial charge is 0.390 e. The molecule has 0 heterocycles. The van der Waals surface area contributed by atoms with E-state index in [1.165, 1.54) is 0 Å². The fourth-order valence-corrected chi connectivity index (χ4v) is 1.52. The van der Waals surface area contributed by atoms with Gasteiger partial charge in [-0.2, -0.15) is 0 Å². The van der Waals surface area contributed by atoms with Crippen LogP contribution >= 0.6 is 0 Å². The van der Waals surface area contributed by atoms with Gasteiger partial charge in [-0.05, 0) is 25.7 Å². The molecule has 1 rings (SSSR count). The van der Waals surface area contributed by atoms with Gasteiger partial charge in [0.1, 0.15) is 0 Å². The van der Waals surface area contributed by atoms with Crippen LogP contribution in [0.4, 0.5) is 0 Å². The molecule has 1 saturated carbocycles. The average Bonchev–Trinajstić information content (AvgIpc) is 2.15. The van der Waals surface area contributed by atoms with Crippen molar-refractivity contribution in [1.82, 2.24) is 0 Å². The summed E-state index contributed by atoms with van der Waals surface area (Å²) in [5.41, 5.74) is -0.859. The molecule has 0 aromatic heterocycles. The summed E-state index contributed by atoms with van der Waals surface area (Å²) in [7, 11) is 0. The molecule has 0 aromatic carbocycles. The van der Waals surface area contributed by atoms with Gasteiger partial charge in [0.25, 0.3) is 0 Å². The molecule has 0 amide bonds. The Morgan fingerprint density at radius 3 is 2.80 bits per heavy atom. The summed E-state index contributed by atoms with van der Waals surface area (Å²) >= 11 is 0. The number of aliphatic hydroxyl groups is 2. The Hall–Kier alpha value is -0.340. The molecule has 0 spiro atoms. The summed E-state index contributed by atoms with van der Waals surface area (Å²) < 4.78 is 0. The zero-order valence-electron chi connectivity index (χ0n) is 6.08. The molecule has 0 radical (unpaired) electrons. The highest BCUT2D eigenvalue weighted by molar-refractivity contribution is 4.96. The highest BCUT2D eigenvalue weighted by Gasteiger charge is 2.38. The van der Waals surface area contributed by atoms with E-state index in [-0.39, 0.29) is 0 Å². The Kier molecular flexibility index (Phi) is 2.11. The first-order chi connectivity index (χ1) is 4.69. The molecule has 2 unspecified atom stereocenters. The smallest absolute Gasteiger partial charge is 0.0939 e. The molecular weight excluding hydrogens is 128 g/mol. The van der Waals surface area contributed by atoms with E-state index < -0.39 is 11.7 Å². The van der Waals surface area contributed by atoms with E-state index in [1.54, 1.807) is 6.08 Å². The predicted octanol–water partition coefficient (Wildman–Crippen LogP) is 0.838. The minimum absolute atomic E-state index is 0.508. The van der Waals surface area contributed by atoms with Crippen LogP contribution in [-0.2, 0) is 0 Å². The van der Waals surface area contributed by atoms with Crippen molar-refractivity contribution < 1.29 is 10.2 Å². The summed E-state index contributed by atoms with van der Waals surface area (Å²) in [5, 5.41) is 18.9. The van der Waals surface area contributed by atoms with Crippen molar-refractivity contribution in [2.45, 2.75) is 37.4 Å². The van der Waals surface area contributed by atoms with Crippen molar-refractivity contribution in [2.75, 3.05) is 0 Å². The van der Waals surface area contributed by atoms with E-state index in [0.29, 0.717) is 12.8 Å². The summed E-state index contributed by atoms with van der Waals surface area (Å²) in [4.78, 5) is 0. The van der Waals surface area contributed by atoms with Gasteiger partial charge < -0.3 is 10.2 Å². The topological polar surface area (TPSA) is 40.5 Å². The maximum absolute atomic E-state index is 9.64. The third kappa shape index (κ3) is 1.22. The molecule has 0 aliphatic heterocycles. The maximum atomic E-state index is 9.64. The van der Waals surface area contributed by atoms with Crippen LogP contribution in [0.3, 0.4) is 0 Å². The van der Waals surface area contributed by atoms with Crippen LogP contribution in [0.25, 0.3) is 0 Å². The summed E-state index contributed by atoms with van der Waals surface area (Å²) in [6.07, 6.45) is 3.99. The highest BCUT2D eigenvalue weighted by atomic mass is 16.3. The van der Waals surface area contributed by atoms with Gasteiger partial charge in [0.05, 0.1) is 11.7 Å². The minimum Gasteiger partial charge on any atom is -0.390 e. The van der Waals surface area contributed by atoms with Crippen LogP contribution in [0.1, 0.15) is 25.7 Å². The molecule has 2 heteroatoms. The fourth-order valence-electron chi connectivity index (χ4n) is 1.52. The summed E-state index contributed by atoms with van der Waals surface area (Å²) in [6, 6.07) is 0. The van der Waals surface area contributed by atoms with Crippen molar-refractivity contribution in [3.63, 3.8) is 0 Å². The first-order valence-electron chi connectivity index (χ1n) is 3.70. The van der Waals surface area contributed by atoms with Crippen molar-refractivity contribution in [2.24, 2.45) is 0 Å². The van der Waals surface area contributed by atoms with Gasteiger partial charge >= 0.3 is 0 Å². The zero-order chi connectivity index (χ0) is 7.61. The minimum atomic E-state index is -0.859. The molecule has 1 aliphatic carbocycles. The van der Waals surface area contributed by atoms with Crippen LogP contribution in [0.5, 0.6) is 0 Å². The van der Waals surface area contributed by atoms with Crippen molar-refractivity contribution >= 4 is 0 Å². The van der Waals surface area contributed by atoms with Gasteiger partial charge in [-0.25, -0.2) is 0 Å². The van der Waals surface area contributed by atoms with Gasteiger partial charge in [0.2, 0.25) is 0 Å². The molecule has 0 saturated heterocycles. The molecule has 2 N–H and O–H groups in total. The Labute approximate surface area is 61.2 Å². The molecule has 58 valence electrons. The quantitative estimate of drug-likeness (QED) is 0.561. The number of hydrogen-bond donors (Lipinski definition) is 2. The van der Waals surface area contributed by atoms with Crippen molar-refractivity contribution in [1.29, 1.82) is 0 Å². The summed E-state index contributed by atoms with van der Waals surface area (Å²) in [5.74, 6) is 0. The Balaban J connectivity index is 2.56. The van der Waals surface area contributed by atoms with E-state index in [0.717, 1.165) is 12.8 Å². The van der Waals surface area contributed by atoms with Crippen LogP contribution in [0.15, 0.2) is 12.7 Å². The fraction of sp³-hybridized carbons (Fsp3) is 0.750. The van der Waals surface area contributed by atoms with Crippen molar-refractivity contribution in [3.05, 3.63) is 12.7 Å². The Morgan fingerprint density at radius 2 is 2.40 bits per heavy atom. The van der Waals surface area contributed by atoms with Gasteiger partial charge in [0, 0.05) is 0 Å². The first-order valence-corrected chi connectivity index (χ1v) is 3.70. The number of aliphatic hydroxyl groups excluding tert-OH is 1. The lowest BCUT2D eigenvalue weighted by Gasteiger charge is -2.24. The molecule has 1 aliphatic rings. The van der Waals surface area contributed by atoms with E-state index in [1.807, 2.05) is 0 Å². The monoisotopic (exact) mass is 142 g/mol. The maximum Gasteiger partial charge on any atom is 0.0939 e. The molecule has 0 bridgehead atoms. The Morgan fingerprint density at radius 1 is 1.70 bits per heavy atom. The lowest BCUT2D eigenvalue weighted by molar-refractivity contribution is -0.0502. The second-order valence-corrected chi connectivity index (χ2v) is 3.00. The first kappa shape index (κ1) is 7.76. The molecule has 1 fully saturated rings. The highest BCUT2D eigenvalue weighted by Crippen LogP contribution is 2.32. The van der Waals surface area contributed by atoms with E-state index in [9.17, 15) is 10.2 Å². The Bertz CT molecular complexity index is 133. The summed E-state index contributed by atoms with van der Waals surface area (Å²) in [6.45, 7) is 3.53. The second-order valence-electron chi connectivity index (χ2n) is 3.00. The lowest BCUT2D eigenvalue weighted by Crippen LogP contribution is -2.36. The van der Waals surface area contributed by atoms with Gasteiger partial charge in [-0.3, -0.25) is 0 Å². The number of hydrogen-bond acceptors (Lipinski definition) is 2. The SMILES string of the molecule is C=CCC1(O)CCCC1O. The van der Waals surface area contributed by atoms with Gasteiger partial charge in [-0.1, -0.05) is 6.08 Å². The zero-order valence-corrected chi connectivity index (χ0v) is 6.08. The van der Waals surface area contributed by atoms with Crippen LogP contribution in [0, 0.1) is 0 Å². The van der Waals surface area contributed by atoms with Gasteiger partial charge in [-0.15, -0.1) is 6.58 Å². The number of rotatable bonds is 2. The standard InChI is InChI=1S/C8H14O2/c1-2-5-8(10)6-3-4-7(8)9/h2,7,9-10H,1,3-6H2. The van der Waals surface area contributed by atoms with Crippen molar-refractivity contribution in [3.8, 4) is 0 Å². The third-order valence-corrected chi connectivity index (χ3v) is 2.21. The van der Waals surface area contributed by atoms with E-state index >= 15 is 0 Å². The molecular formula is C8H14O2. The molecule has 2 atom stereocenters. The van der Waals surface area contributed by atoms with E-state index in [2.05, 4.69) is 6.58 Å². The molecule has 0 aromatic rings. The van der Waals surface area contributed by atoms with Gasteiger partial charge in [0.15, 0.2) is 0 Å². The molecule has 2 nitrogen and oxygen atoms in total. The van der Waals surface area contributed by atoms with Crippen LogP contribution in [-0.4, -0.2) is 21.9 Å².